The number of aliphatic hydroxyl groups excluding tert-OH is 1. The van der Waals surface area contributed by atoms with Crippen molar-refractivity contribution in [3.63, 3.8) is 0 Å². The van der Waals surface area contributed by atoms with Crippen LogP contribution >= 0.6 is 0 Å². The number of aromatic nitrogens is 2. The van der Waals surface area contributed by atoms with E-state index in [4.69, 9.17) is 4.74 Å². The highest BCUT2D eigenvalue weighted by atomic mass is 19.1. The Bertz CT molecular complexity index is 1330. The molecule has 1 unspecified atom stereocenters. The van der Waals surface area contributed by atoms with Gasteiger partial charge in [0.2, 0.25) is 0 Å². The summed E-state index contributed by atoms with van der Waals surface area (Å²) < 4.78 is 21.3. The molecule has 2 aliphatic heterocycles. The van der Waals surface area contributed by atoms with E-state index in [2.05, 4.69) is 10.00 Å². The molecule has 1 aromatic heterocycles. The van der Waals surface area contributed by atoms with Crippen LogP contribution in [0.2, 0.25) is 0 Å². The number of Topliss-reactive ketones (excluding diaryl/α,β-unsaturated/α-hetero) is 1. The van der Waals surface area contributed by atoms with Gasteiger partial charge in [0.15, 0.2) is 0 Å². The molecule has 3 heterocycles. The predicted molar refractivity (Wildman–Crippen MR) is 136 cm³/mol. The lowest BCUT2D eigenvalue weighted by molar-refractivity contribution is -0.140. The van der Waals surface area contributed by atoms with Gasteiger partial charge in [-0.2, -0.15) is 5.10 Å². The third-order valence-corrected chi connectivity index (χ3v) is 6.95. The molecule has 192 valence electrons. The van der Waals surface area contributed by atoms with Gasteiger partial charge < -0.3 is 14.7 Å². The highest BCUT2D eigenvalue weighted by Gasteiger charge is 2.46. The first-order chi connectivity index (χ1) is 18.0. The summed E-state index contributed by atoms with van der Waals surface area (Å²) in [5.41, 5.74) is 2.12. The van der Waals surface area contributed by atoms with Gasteiger partial charge in [-0.25, -0.2) is 9.07 Å². The van der Waals surface area contributed by atoms with Gasteiger partial charge in [-0.05, 0) is 43.2 Å². The molecule has 1 N–H and O–H groups in total. The molecule has 0 aliphatic carbocycles. The summed E-state index contributed by atoms with van der Waals surface area (Å²) in [6.07, 6.45) is 2.11. The van der Waals surface area contributed by atoms with Crippen LogP contribution in [0.15, 0.2) is 66.4 Å². The average Bonchev–Trinajstić information content (AvgIpc) is 3.42. The maximum atomic E-state index is 14.2. The second-order valence-electron chi connectivity index (χ2n) is 9.25. The molecule has 37 heavy (non-hydrogen) atoms. The van der Waals surface area contributed by atoms with Crippen molar-refractivity contribution in [3.05, 3.63) is 89.0 Å². The number of hydrogen-bond donors (Lipinski definition) is 1. The van der Waals surface area contributed by atoms with Crippen molar-refractivity contribution in [2.75, 3.05) is 39.4 Å². The second kappa shape index (κ2) is 10.7. The number of benzene rings is 2. The Morgan fingerprint density at radius 2 is 1.84 bits per heavy atom. The van der Waals surface area contributed by atoms with E-state index < -0.39 is 23.5 Å². The van der Waals surface area contributed by atoms with E-state index in [0.717, 1.165) is 25.3 Å². The van der Waals surface area contributed by atoms with E-state index in [0.29, 0.717) is 43.0 Å². The molecule has 2 saturated heterocycles. The maximum absolute atomic E-state index is 14.2. The number of amides is 1. The SMILES string of the molecule is Cc1c(C(O)=C2C(=O)C(=O)N(CCCN3CCOCC3)C2c2cccc(F)c2)cnn1-c1ccccc1. The molecular weight excluding hydrogens is 475 g/mol. The number of ether oxygens (including phenoxy) is 1. The molecule has 1 amide bonds. The van der Waals surface area contributed by atoms with Crippen molar-refractivity contribution >= 4 is 17.4 Å². The third-order valence-electron chi connectivity index (χ3n) is 6.95. The summed E-state index contributed by atoms with van der Waals surface area (Å²) in [4.78, 5) is 30.2. The van der Waals surface area contributed by atoms with Crippen LogP contribution in [0.3, 0.4) is 0 Å². The van der Waals surface area contributed by atoms with Crippen LogP contribution in [0.1, 0.15) is 29.3 Å². The van der Waals surface area contributed by atoms with Crippen LogP contribution in [0.4, 0.5) is 4.39 Å². The lowest BCUT2D eigenvalue weighted by Crippen LogP contribution is -2.39. The molecule has 0 spiro atoms. The molecule has 1 atom stereocenters. The minimum Gasteiger partial charge on any atom is -0.507 e. The number of carbonyl (C=O) groups excluding carboxylic acids is 2. The molecular formula is C28H29FN4O4. The number of likely N-dealkylation sites (tertiary alicyclic amines) is 1. The van der Waals surface area contributed by atoms with E-state index >= 15 is 0 Å². The molecule has 8 nitrogen and oxygen atoms in total. The molecule has 0 bridgehead atoms. The first-order valence-electron chi connectivity index (χ1n) is 12.4. The minimum atomic E-state index is -0.903. The van der Waals surface area contributed by atoms with Crippen LogP contribution in [0.5, 0.6) is 0 Å². The number of morpholine rings is 1. The Hall–Kier alpha value is -3.82. The zero-order valence-electron chi connectivity index (χ0n) is 20.6. The Morgan fingerprint density at radius 3 is 2.57 bits per heavy atom. The zero-order valence-corrected chi connectivity index (χ0v) is 20.6. The van der Waals surface area contributed by atoms with Crippen LogP contribution < -0.4 is 0 Å². The van der Waals surface area contributed by atoms with Crippen molar-refractivity contribution in [1.82, 2.24) is 19.6 Å². The molecule has 3 aromatic rings. The zero-order chi connectivity index (χ0) is 25.9. The van der Waals surface area contributed by atoms with Gasteiger partial charge in [-0.3, -0.25) is 14.5 Å². The van der Waals surface area contributed by atoms with Gasteiger partial charge in [0.1, 0.15) is 11.6 Å². The van der Waals surface area contributed by atoms with Gasteiger partial charge in [-0.15, -0.1) is 0 Å². The summed E-state index contributed by atoms with van der Waals surface area (Å²) in [5, 5.41) is 15.8. The van der Waals surface area contributed by atoms with Crippen LogP contribution in [0, 0.1) is 12.7 Å². The van der Waals surface area contributed by atoms with E-state index in [9.17, 15) is 19.1 Å². The average molecular weight is 505 g/mol. The molecule has 2 fully saturated rings. The lowest BCUT2D eigenvalue weighted by Gasteiger charge is -2.29. The number of rotatable bonds is 7. The molecule has 0 saturated carbocycles. The molecule has 0 radical (unpaired) electrons. The third kappa shape index (κ3) is 4.92. The number of aliphatic hydroxyl groups is 1. The Labute approximate surface area is 214 Å². The standard InChI is InChI=1S/C28H29FN4O4/c1-19-23(18-30-33(19)22-9-3-2-4-10-22)26(34)24-25(20-7-5-8-21(29)17-20)32(28(36)27(24)35)12-6-11-31-13-15-37-16-14-31/h2-5,7-10,17-18,25,34H,6,11-16H2,1H3. The normalized spacial score (nSPS) is 20.1. The number of nitrogens with zero attached hydrogens (tertiary/aromatic N) is 4. The molecule has 2 aromatic carbocycles. The highest BCUT2D eigenvalue weighted by Crippen LogP contribution is 2.40. The number of para-hydroxylation sites is 1. The van der Waals surface area contributed by atoms with Crippen LogP contribution in [-0.4, -0.2) is 75.8 Å². The Kier molecular flexibility index (Phi) is 7.16. The molecule has 5 rings (SSSR count). The number of carbonyl (C=O) groups is 2. The predicted octanol–water partition coefficient (Wildman–Crippen LogP) is 3.46. The summed E-state index contributed by atoms with van der Waals surface area (Å²) in [7, 11) is 0. The first kappa shape index (κ1) is 24.9. The van der Waals surface area contributed by atoms with Crippen molar-refractivity contribution in [1.29, 1.82) is 0 Å². The largest absolute Gasteiger partial charge is 0.507 e. The van der Waals surface area contributed by atoms with Gasteiger partial charge in [0.05, 0.1) is 48.0 Å². The highest BCUT2D eigenvalue weighted by molar-refractivity contribution is 6.46. The fourth-order valence-corrected chi connectivity index (χ4v) is 5.04. The van der Waals surface area contributed by atoms with E-state index in [1.165, 1.54) is 29.3 Å². The van der Waals surface area contributed by atoms with Crippen molar-refractivity contribution < 1.29 is 23.8 Å². The quantitative estimate of drug-likeness (QED) is 0.301. The topological polar surface area (TPSA) is 87.9 Å². The summed E-state index contributed by atoms with van der Waals surface area (Å²) >= 11 is 0. The smallest absolute Gasteiger partial charge is 0.295 e. The Balaban J connectivity index is 1.51. The van der Waals surface area contributed by atoms with Crippen molar-refractivity contribution in [2.24, 2.45) is 0 Å². The van der Waals surface area contributed by atoms with Gasteiger partial charge in [0, 0.05) is 26.2 Å². The van der Waals surface area contributed by atoms with Gasteiger partial charge in [0.25, 0.3) is 11.7 Å². The fraction of sp³-hybridized carbons (Fsp3) is 0.321. The van der Waals surface area contributed by atoms with Crippen LogP contribution in [-0.2, 0) is 14.3 Å². The molecule has 2 aliphatic rings. The number of hydrogen-bond acceptors (Lipinski definition) is 6. The monoisotopic (exact) mass is 504 g/mol. The van der Waals surface area contributed by atoms with E-state index in [1.807, 2.05) is 30.3 Å². The minimum absolute atomic E-state index is 0.0577. The number of ketones is 1. The fourth-order valence-electron chi connectivity index (χ4n) is 5.04. The van der Waals surface area contributed by atoms with Crippen LogP contribution in [0.25, 0.3) is 11.4 Å². The summed E-state index contributed by atoms with van der Waals surface area (Å²) in [5.74, 6) is -2.29. The van der Waals surface area contributed by atoms with Gasteiger partial charge >= 0.3 is 0 Å². The van der Waals surface area contributed by atoms with E-state index in [-0.39, 0.29) is 11.3 Å². The number of halogens is 1. The molecule has 9 heteroatoms. The summed E-state index contributed by atoms with van der Waals surface area (Å²) in [6.45, 7) is 5.79. The van der Waals surface area contributed by atoms with E-state index in [1.54, 1.807) is 17.7 Å². The maximum Gasteiger partial charge on any atom is 0.295 e. The lowest BCUT2D eigenvalue weighted by atomic mass is 9.95. The van der Waals surface area contributed by atoms with Gasteiger partial charge in [-0.1, -0.05) is 30.3 Å². The first-order valence-corrected chi connectivity index (χ1v) is 12.4. The summed E-state index contributed by atoms with van der Waals surface area (Å²) in [6, 6.07) is 14.3. The second-order valence-corrected chi connectivity index (χ2v) is 9.25. The van der Waals surface area contributed by atoms with Crippen molar-refractivity contribution in [2.45, 2.75) is 19.4 Å². The van der Waals surface area contributed by atoms with Crippen molar-refractivity contribution in [3.8, 4) is 5.69 Å². The Morgan fingerprint density at radius 1 is 1.08 bits per heavy atom.